The van der Waals surface area contributed by atoms with Gasteiger partial charge in [-0.05, 0) is 52.5 Å². The van der Waals surface area contributed by atoms with Crippen molar-refractivity contribution in [2.75, 3.05) is 25.6 Å². The summed E-state index contributed by atoms with van der Waals surface area (Å²) in [5, 5.41) is 6.26. The normalized spacial score (nSPS) is 11.9. The molecule has 6 heteroatoms. The van der Waals surface area contributed by atoms with Crippen LogP contribution in [0.25, 0.3) is 0 Å². The topological polar surface area (TPSA) is 34.0 Å². The van der Waals surface area contributed by atoms with E-state index in [9.17, 15) is 4.79 Å². The van der Waals surface area contributed by atoms with Crippen molar-refractivity contribution >= 4 is 34.3 Å². The van der Waals surface area contributed by atoms with Gasteiger partial charge < -0.3 is 14.5 Å². The average Bonchev–Trinajstić information content (AvgIpc) is 3.33. The summed E-state index contributed by atoms with van der Waals surface area (Å²) in [5.74, 6) is 0.911. The molecule has 3 aromatic rings. The molecule has 1 aromatic carbocycles. The van der Waals surface area contributed by atoms with E-state index in [-0.39, 0.29) is 5.91 Å². The third-order valence-electron chi connectivity index (χ3n) is 4.12. The van der Waals surface area contributed by atoms with Crippen LogP contribution in [0.1, 0.15) is 10.4 Å². The van der Waals surface area contributed by atoms with Crippen LogP contribution in [-0.4, -0.2) is 26.6 Å². The van der Waals surface area contributed by atoms with E-state index in [1.807, 2.05) is 40.6 Å². The number of nitrogens with zero attached hydrogens (tertiary/aromatic N) is 1. The number of likely N-dealkylation sites (N-methyl/N-ethyl adjacent to an activating group) is 1. The molecule has 0 spiro atoms. The van der Waals surface area contributed by atoms with Gasteiger partial charge in [0.15, 0.2) is 6.54 Å². The van der Waals surface area contributed by atoms with Crippen molar-refractivity contribution in [3.8, 4) is 5.75 Å². The Balaban J connectivity index is 1.73. The third kappa shape index (κ3) is 4.94. The van der Waals surface area contributed by atoms with Gasteiger partial charge in [-0.3, -0.25) is 4.79 Å². The number of thiophene rings is 2. The number of ether oxygens (including phenoxy) is 1. The Labute approximate surface area is 162 Å². The van der Waals surface area contributed by atoms with E-state index >= 15 is 0 Å². The Morgan fingerprint density at radius 3 is 2.58 bits per heavy atom. The van der Waals surface area contributed by atoms with Gasteiger partial charge in [0.25, 0.3) is 5.91 Å². The Bertz CT molecular complexity index is 799. The van der Waals surface area contributed by atoms with Gasteiger partial charge in [0, 0.05) is 16.1 Å². The van der Waals surface area contributed by atoms with E-state index in [1.165, 1.54) is 15.3 Å². The second-order valence-electron chi connectivity index (χ2n) is 6.20. The molecule has 0 radical (unpaired) electrons. The van der Waals surface area contributed by atoms with Crippen LogP contribution >= 0.6 is 22.7 Å². The fraction of sp³-hybridized carbons (Fsp3) is 0.250. The minimum Gasteiger partial charge on any atom is -0.497 e. The zero-order valence-electron chi connectivity index (χ0n) is 15.0. The maximum absolute atomic E-state index is 13.0. The van der Waals surface area contributed by atoms with Gasteiger partial charge in [0.05, 0.1) is 20.7 Å². The maximum Gasteiger partial charge on any atom is 0.282 e. The number of methoxy groups -OCH3 is 1. The Hall–Kier alpha value is -2.15. The first-order chi connectivity index (χ1) is 12.7. The van der Waals surface area contributed by atoms with Crippen LogP contribution < -0.4 is 14.5 Å². The molecule has 2 heterocycles. The first-order valence-corrected chi connectivity index (χ1v) is 10.3. The molecule has 2 aromatic heterocycles. The molecular weight excluding hydrogens is 364 g/mol. The highest BCUT2D eigenvalue weighted by Gasteiger charge is 2.21. The van der Waals surface area contributed by atoms with Gasteiger partial charge >= 0.3 is 0 Å². The van der Waals surface area contributed by atoms with Gasteiger partial charge in [0.1, 0.15) is 12.3 Å². The highest BCUT2D eigenvalue weighted by atomic mass is 32.1. The van der Waals surface area contributed by atoms with Crippen molar-refractivity contribution in [3.63, 3.8) is 0 Å². The molecule has 1 amide bonds. The van der Waals surface area contributed by atoms with E-state index in [2.05, 4.69) is 29.9 Å². The molecule has 4 nitrogen and oxygen atoms in total. The van der Waals surface area contributed by atoms with Crippen LogP contribution in [0.15, 0.2) is 58.6 Å². The lowest BCUT2D eigenvalue weighted by Crippen LogP contribution is -3.08. The van der Waals surface area contributed by atoms with Crippen LogP contribution in [0.3, 0.4) is 0 Å². The number of rotatable bonds is 8. The molecule has 3 rings (SSSR count). The summed E-state index contributed by atoms with van der Waals surface area (Å²) in [4.78, 5) is 17.3. The Morgan fingerprint density at radius 1 is 1.15 bits per heavy atom. The van der Waals surface area contributed by atoms with Crippen LogP contribution in [-0.2, 0) is 17.9 Å². The summed E-state index contributed by atoms with van der Waals surface area (Å²) >= 11 is 3.36. The van der Waals surface area contributed by atoms with Crippen LogP contribution in [0, 0.1) is 0 Å². The van der Waals surface area contributed by atoms with Gasteiger partial charge in [0.2, 0.25) is 0 Å². The largest absolute Gasteiger partial charge is 0.497 e. The number of carbonyl (C=O) groups is 1. The standard InChI is InChI=1S/C20H22N2O2S2/c1-21(12-16-9-11-25-15-16)14-20(23)22(13-19-4-3-10-26-19)17-5-7-18(24-2)8-6-17/h3-11,15H,12-14H2,1-2H3/p+1. The van der Waals surface area contributed by atoms with Crippen LogP contribution in [0.2, 0.25) is 0 Å². The SMILES string of the molecule is COc1ccc(N(Cc2cccs2)C(=O)C[NH+](C)Cc2ccsc2)cc1. The van der Waals surface area contributed by atoms with Crippen LogP contribution in [0.4, 0.5) is 5.69 Å². The maximum atomic E-state index is 13.0. The Morgan fingerprint density at radius 2 is 1.96 bits per heavy atom. The van der Waals surface area contributed by atoms with E-state index in [4.69, 9.17) is 4.74 Å². The van der Waals surface area contributed by atoms with Crippen molar-refractivity contribution < 1.29 is 14.4 Å². The highest BCUT2D eigenvalue weighted by molar-refractivity contribution is 7.09. The molecule has 0 saturated carbocycles. The highest BCUT2D eigenvalue weighted by Crippen LogP contribution is 2.22. The molecule has 0 fully saturated rings. The smallest absolute Gasteiger partial charge is 0.282 e. The summed E-state index contributed by atoms with van der Waals surface area (Å²) < 4.78 is 5.23. The minimum atomic E-state index is 0.122. The molecule has 136 valence electrons. The monoisotopic (exact) mass is 387 g/mol. The zero-order chi connectivity index (χ0) is 18.4. The number of hydrogen-bond acceptors (Lipinski definition) is 4. The molecule has 1 N–H and O–H groups in total. The first-order valence-electron chi connectivity index (χ1n) is 8.45. The van der Waals surface area contributed by atoms with Gasteiger partial charge in [-0.2, -0.15) is 11.3 Å². The summed E-state index contributed by atoms with van der Waals surface area (Å²) in [7, 11) is 3.71. The Kier molecular flexibility index (Phi) is 6.44. The molecule has 1 atom stereocenters. The summed E-state index contributed by atoms with van der Waals surface area (Å²) in [6.07, 6.45) is 0. The molecule has 1 unspecified atom stereocenters. The molecule has 0 saturated heterocycles. The number of quaternary nitrogens is 1. The lowest BCUT2D eigenvalue weighted by Gasteiger charge is -2.24. The molecule has 0 aliphatic carbocycles. The minimum absolute atomic E-state index is 0.122. The number of carbonyl (C=O) groups excluding carboxylic acids is 1. The summed E-state index contributed by atoms with van der Waals surface area (Å²) in [5.41, 5.74) is 2.17. The van der Waals surface area contributed by atoms with E-state index in [1.54, 1.807) is 29.8 Å². The van der Waals surface area contributed by atoms with Crippen molar-refractivity contribution in [1.29, 1.82) is 0 Å². The summed E-state index contributed by atoms with van der Waals surface area (Å²) in [6, 6.07) is 13.9. The fourth-order valence-corrected chi connectivity index (χ4v) is 4.16. The second kappa shape index (κ2) is 8.98. The molecule has 26 heavy (non-hydrogen) atoms. The molecule has 0 aliphatic heterocycles. The zero-order valence-corrected chi connectivity index (χ0v) is 16.6. The first kappa shape index (κ1) is 18.6. The lowest BCUT2D eigenvalue weighted by atomic mass is 10.2. The molecule has 0 bridgehead atoms. The fourth-order valence-electron chi connectivity index (χ4n) is 2.80. The summed E-state index contributed by atoms with van der Waals surface area (Å²) in [6.45, 7) is 1.90. The number of anilines is 1. The molecular formula is C20H23N2O2S2+. The van der Waals surface area contributed by atoms with Crippen molar-refractivity contribution in [3.05, 3.63) is 69.0 Å². The van der Waals surface area contributed by atoms with Crippen LogP contribution in [0.5, 0.6) is 5.75 Å². The van der Waals surface area contributed by atoms with E-state index in [0.29, 0.717) is 13.1 Å². The quantitative estimate of drug-likeness (QED) is 0.645. The van der Waals surface area contributed by atoms with Gasteiger partial charge in [-0.25, -0.2) is 0 Å². The van der Waals surface area contributed by atoms with Crippen molar-refractivity contribution in [2.45, 2.75) is 13.1 Å². The number of amides is 1. The number of nitrogens with one attached hydrogen (secondary N) is 1. The predicted octanol–water partition coefficient (Wildman–Crippen LogP) is 3.07. The van der Waals surface area contributed by atoms with Gasteiger partial charge in [-0.15, -0.1) is 11.3 Å². The number of benzene rings is 1. The van der Waals surface area contributed by atoms with Crippen molar-refractivity contribution in [1.82, 2.24) is 0 Å². The second-order valence-corrected chi connectivity index (χ2v) is 8.01. The molecule has 0 aliphatic rings. The third-order valence-corrected chi connectivity index (χ3v) is 5.71. The number of hydrogen-bond donors (Lipinski definition) is 1. The van der Waals surface area contributed by atoms with E-state index < -0.39 is 0 Å². The lowest BCUT2D eigenvalue weighted by molar-refractivity contribution is -0.885. The van der Waals surface area contributed by atoms with E-state index in [0.717, 1.165) is 18.0 Å². The predicted molar refractivity (Wildman–Crippen MR) is 108 cm³/mol. The average molecular weight is 388 g/mol. The van der Waals surface area contributed by atoms with Crippen molar-refractivity contribution in [2.24, 2.45) is 0 Å². The van der Waals surface area contributed by atoms with Gasteiger partial charge in [-0.1, -0.05) is 6.07 Å².